The first kappa shape index (κ1) is 17.3. The summed E-state index contributed by atoms with van der Waals surface area (Å²) in [5.41, 5.74) is 0.233. The summed E-state index contributed by atoms with van der Waals surface area (Å²) >= 11 is 0. The minimum absolute atomic E-state index is 0.107. The molecule has 1 aliphatic heterocycles. The number of amides is 1. The summed E-state index contributed by atoms with van der Waals surface area (Å²) in [5, 5.41) is 16.6. The van der Waals surface area contributed by atoms with Crippen LogP contribution < -0.4 is 5.56 Å². The SMILES string of the molecule is CCn1cnnc1C1CCCN(C(=O)Cn2nnc3ccccc3c2=O)C1. The second-order valence-corrected chi connectivity index (χ2v) is 6.72. The van der Waals surface area contributed by atoms with Crippen molar-refractivity contribution in [2.24, 2.45) is 0 Å². The van der Waals surface area contributed by atoms with Crippen molar-refractivity contribution in [2.45, 2.75) is 38.8 Å². The number of hydrogen-bond acceptors (Lipinski definition) is 6. The molecular formula is C18H21N7O2. The Hall–Kier alpha value is -3.10. The molecule has 0 saturated carbocycles. The lowest BCUT2D eigenvalue weighted by atomic mass is 9.97. The summed E-state index contributed by atoms with van der Waals surface area (Å²) < 4.78 is 3.15. The Bertz CT molecular complexity index is 1030. The maximum atomic E-state index is 12.8. The average molecular weight is 367 g/mol. The average Bonchev–Trinajstić information content (AvgIpc) is 3.19. The molecule has 1 saturated heterocycles. The lowest BCUT2D eigenvalue weighted by Gasteiger charge is -2.32. The van der Waals surface area contributed by atoms with Crippen molar-refractivity contribution < 1.29 is 4.79 Å². The fourth-order valence-electron chi connectivity index (χ4n) is 3.59. The maximum Gasteiger partial charge on any atom is 0.278 e. The summed E-state index contributed by atoms with van der Waals surface area (Å²) in [4.78, 5) is 27.1. The first-order chi connectivity index (χ1) is 13.2. The third kappa shape index (κ3) is 3.32. The highest BCUT2D eigenvalue weighted by atomic mass is 16.2. The molecular weight excluding hydrogens is 346 g/mol. The van der Waals surface area contributed by atoms with Crippen LogP contribution in [0.15, 0.2) is 35.4 Å². The highest BCUT2D eigenvalue weighted by molar-refractivity contribution is 5.78. The summed E-state index contributed by atoms with van der Waals surface area (Å²) in [5.74, 6) is 0.941. The summed E-state index contributed by atoms with van der Waals surface area (Å²) in [6.45, 7) is 3.99. The van der Waals surface area contributed by atoms with E-state index >= 15 is 0 Å². The molecule has 0 aliphatic carbocycles. The van der Waals surface area contributed by atoms with Gasteiger partial charge in [0.2, 0.25) is 5.91 Å². The number of fused-ring (bicyclic) bond motifs is 1. The van der Waals surface area contributed by atoms with E-state index in [1.165, 1.54) is 0 Å². The fraction of sp³-hybridized carbons (Fsp3) is 0.444. The Kier molecular flexibility index (Phi) is 4.66. The Morgan fingerprint density at radius 1 is 1.26 bits per heavy atom. The van der Waals surface area contributed by atoms with Gasteiger partial charge in [0.1, 0.15) is 24.2 Å². The maximum absolute atomic E-state index is 12.8. The predicted octanol–water partition coefficient (Wildman–Crippen LogP) is 0.809. The van der Waals surface area contributed by atoms with E-state index in [1.54, 1.807) is 35.5 Å². The molecule has 9 nitrogen and oxygen atoms in total. The molecule has 0 radical (unpaired) electrons. The van der Waals surface area contributed by atoms with Crippen LogP contribution in [0.2, 0.25) is 0 Å². The number of aromatic nitrogens is 6. The van der Waals surface area contributed by atoms with Gasteiger partial charge in [0.25, 0.3) is 5.56 Å². The Labute approximate surface area is 155 Å². The molecule has 0 bridgehead atoms. The third-order valence-electron chi connectivity index (χ3n) is 5.04. The number of carbonyl (C=O) groups is 1. The van der Waals surface area contributed by atoms with Gasteiger partial charge in [-0.05, 0) is 31.9 Å². The number of nitrogens with zero attached hydrogens (tertiary/aromatic N) is 7. The molecule has 1 amide bonds. The van der Waals surface area contributed by atoms with E-state index in [9.17, 15) is 9.59 Å². The Morgan fingerprint density at radius 3 is 2.96 bits per heavy atom. The van der Waals surface area contributed by atoms with Gasteiger partial charge in [-0.1, -0.05) is 17.3 Å². The topological polar surface area (TPSA) is 98.8 Å². The van der Waals surface area contributed by atoms with Crippen molar-refractivity contribution in [3.8, 4) is 0 Å². The van der Waals surface area contributed by atoms with E-state index in [1.807, 2.05) is 11.5 Å². The van der Waals surface area contributed by atoms with E-state index < -0.39 is 0 Å². The first-order valence-electron chi connectivity index (χ1n) is 9.15. The lowest BCUT2D eigenvalue weighted by molar-refractivity contribution is -0.133. The molecule has 1 atom stereocenters. The molecule has 1 fully saturated rings. The predicted molar refractivity (Wildman–Crippen MR) is 98.0 cm³/mol. The van der Waals surface area contributed by atoms with Crippen molar-refractivity contribution in [1.29, 1.82) is 0 Å². The van der Waals surface area contributed by atoms with E-state index in [2.05, 4.69) is 20.5 Å². The van der Waals surface area contributed by atoms with Crippen LogP contribution in [0.3, 0.4) is 0 Å². The third-order valence-corrected chi connectivity index (χ3v) is 5.04. The molecule has 2 aromatic heterocycles. The highest BCUT2D eigenvalue weighted by Crippen LogP contribution is 2.25. The van der Waals surface area contributed by atoms with Gasteiger partial charge in [-0.15, -0.1) is 15.3 Å². The van der Waals surface area contributed by atoms with Gasteiger partial charge in [-0.2, -0.15) is 0 Å². The van der Waals surface area contributed by atoms with Gasteiger partial charge in [-0.3, -0.25) is 9.59 Å². The van der Waals surface area contributed by atoms with Crippen LogP contribution in [-0.2, 0) is 17.9 Å². The van der Waals surface area contributed by atoms with Gasteiger partial charge in [0, 0.05) is 25.6 Å². The number of aryl methyl sites for hydroxylation is 1. The van der Waals surface area contributed by atoms with Crippen molar-refractivity contribution in [3.63, 3.8) is 0 Å². The van der Waals surface area contributed by atoms with Crippen LogP contribution in [0.25, 0.3) is 10.9 Å². The van der Waals surface area contributed by atoms with Gasteiger partial charge < -0.3 is 9.47 Å². The van der Waals surface area contributed by atoms with Crippen LogP contribution in [0, 0.1) is 0 Å². The first-order valence-corrected chi connectivity index (χ1v) is 9.15. The quantitative estimate of drug-likeness (QED) is 0.677. The monoisotopic (exact) mass is 367 g/mol. The van der Waals surface area contributed by atoms with Crippen molar-refractivity contribution in [2.75, 3.05) is 13.1 Å². The normalized spacial score (nSPS) is 17.4. The molecule has 1 unspecified atom stereocenters. The standard InChI is InChI=1S/C18H21N7O2/c1-2-23-12-19-21-17(23)13-6-5-9-24(10-13)16(26)11-25-18(27)14-7-3-4-8-15(14)20-22-25/h3-4,7-8,12-13H,2,5-6,9-11H2,1H3. The molecule has 1 aliphatic rings. The van der Waals surface area contributed by atoms with E-state index in [4.69, 9.17) is 0 Å². The molecule has 140 valence electrons. The molecule has 9 heteroatoms. The molecule has 4 rings (SSSR count). The van der Waals surface area contributed by atoms with Crippen LogP contribution in [0.4, 0.5) is 0 Å². The molecule has 27 heavy (non-hydrogen) atoms. The van der Waals surface area contributed by atoms with E-state index in [0.717, 1.165) is 29.9 Å². The highest BCUT2D eigenvalue weighted by Gasteiger charge is 2.28. The lowest BCUT2D eigenvalue weighted by Crippen LogP contribution is -2.43. The van der Waals surface area contributed by atoms with Gasteiger partial charge >= 0.3 is 0 Å². The number of benzene rings is 1. The van der Waals surface area contributed by atoms with Crippen LogP contribution in [0.1, 0.15) is 31.5 Å². The van der Waals surface area contributed by atoms with Gasteiger partial charge in [0.05, 0.1) is 5.39 Å². The van der Waals surface area contributed by atoms with Crippen molar-refractivity contribution in [3.05, 3.63) is 46.8 Å². The Balaban J connectivity index is 1.51. The summed E-state index contributed by atoms with van der Waals surface area (Å²) in [7, 11) is 0. The number of rotatable bonds is 4. The largest absolute Gasteiger partial charge is 0.340 e. The van der Waals surface area contributed by atoms with E-state index in [0.29, 0.717) is 24.0 Å². The molecule has 3 aromatic rings. The summed E-state index contributed by atoms with van der Waals surface area (Å²) in [6, 6.07) is 7.00. The van der Waals surface area contributed by atoms with E-state index in [-0.39, 0.29) is 23.9 Å². The molecule has 0 N–H and O–H groups in total. The Morgan fingerprint density at radius 2 is 2.11 bits per heavy atom. The second kappa shape index (κ2) is 7.26. The number of piperidine rings is 1. The zero-order chi connectivity index (χ0) is 18.8. The summed E-state index contributed by atoms with van der Waals surface area (Å²) in [6.07, 6.45) is 3.59. The van der Waals surface area contributed by atoms with Crippen LogP contribution >= 0.6 is 0 Å². The van der Waals surface area contributed by atoms with Crippen LogP contribution in [-0.4, -0.2) is 53.7 Å². The molecule has 0 spiro atoms. The van der Waals surface area contributed by atoms with Crippen molar-refractivity contribution in [1.82, 2.24) is 34.7 Å². The molecule has 1 aromatic carbocycles. The minimum Gasteiger partial charge on any atom is -0.340 e. The van der Waals surface area contributed by atoms with Gasteiger partial charge in [-0.25, -0.2) is 4.68 Å². The number of likely N-dealkylation sites (tertiary alicyclic amines) is 1. The smallest absolute Gasteiger partial charge is 0.278 e. The second-order valence-electron chi connectivity index (χ2n) is 6.72. The zero-order valence-corrected chi connectivity index (χ0v) is 15.2. The number of hydrogen-bond donors (Lipinski definition) is 0. The van der Waals surface area contributed by atoms with Crippen LogP contribution in [0.5, 0.6) is 0 Å². The minimum atomic E-state index is -0.298. The fourth-order valence-corrected chi connectivity index (χ4v) is 3.59. The number of carbonyl (C=O) groups excluding carboxylic acids is 1. The zero-order valence-electron chi connectivity index (χ0n) is 15.2. The molecule has 3 heterocycles. The van der Waals surface area contributed by atoms with Gasteiger partial charge in [0.15, 0.2) is 0 Å². The van der Waals surface area contributed by atoms with Crippen molar-refractivity contribution >= 4 is 16.8 Å².